The van der Waals surface area contributed by atoms with Crippen LogP contribution in [0.15, 0.2) is 12.1 Å². The minimum absolute atomic E-state index is 0.0710. The summed E-state index contributed by atoms with van der Waals surface area (Å²) in [6.45, 7) is 1.74. The Balaban J connectivity index is 2.29. The smallest absolute Gasteiger partial charge is 0.241 e. The fourth-order valence-electron chi connectivity index (χ4n) is 1.79. The fraction of sp³-hybridized carbons (Fsp3) is 0.364. The molecule has 1 aromatic carbocycles. The summed E-state index contributed by atoms with van der Waals surface area (Å²) in [7, 11) is 1.79. The highest BCUT2D eigenvalue weighted by molar-refractivity contribution is 6.42. The van der Waals surface area contributed by atoms with Crippen LogP contribution < -0.4 is 10.6 Å². The molecular weight excluding hydrogens is 261 g/mol. The number of anilines is 2. The van der Waals surface area contributed by atoms with E-state index >= 15 is 0 Å². The average Bonchev–Trinajstić information content (AvgIpc) is 2.27. The van der Waals surface area contributed by atoms with Gasteiger partial charge in [0.15, 0.2) is 0 Å². The maximum Gasteiger partial charge on any atom is 0.241 e. The first kappa shape index (κ1) is 12.3. The summed E-state index contributed by atoms with van der Waals surface area (Å²) in [6.07, 6.45) is 0. The van der Waals surface area contributed by atoms with Gasteiger partial charge < -0.3 is 15.5 Å². The topological polar surface area (TPSA) is 49.6 Å². The zero-order valence-electron chi connectivity index (χ0n) is 9.41. The first-order chi connectivity index (χ1) is 7.99. The summed E-state index contributed by atoms with van der Waals surface area (Å²) in [6, 6.07) is 3.32. The number of halogens is 2. The van der Waals surface area contributed by atoms with Crippen molar-refractivity contribution in [1.29, 1.82) is 0 Å². The van der Waals surface area contributed by atoms with Crippen LogP contribution in [0.3, 0.4) is 0 Å². The minimum atomic E-state index is 0.0710. The van der Waals surface area contributed by atoms with Gasteiger partial charge in [0.2, 0.25) is 5.91 Å². The Hall–Kier alpha value is -1.13. The van der Waals surface area contributed by atoms with Crippen LogP contribution in [0.25, 0.3) is 0 Å². The number of hydrogen-bond acceptors (Lipinski definition) is 3. The number of rotatable bonds is 1. The highest BCUT2D eigenvalue weighted by atomic mass is 35.5. The van der Waals surface area contributed by atoms with Crippen LogP contribution in [0.4, 0.5) is 11.4 Å². The minimum Gasteiger partial charge on any atom is -0.397 e. The number of carbonyl (C=O) groups is 1. The maximum absolute atomic E-state index is 11.6. The van der Waals surface area contributed by atoms with Crippen molar-refractivity contribution in [3.63, 3.8) is 0 Å². The van der Waals surface area contributed by atoms with Crippen LogP contribution >= 0.6 is 23.2 Å². The van der Waals surface area contributed by atoms with Crippen LogP contribution in [-0.2, 0) is 4.79 Å². The van der Waals surface area contributed by atoms with E-state index in [1.165, 1.54) is 0 Å². The first-order valence-electron chi connectivity index (χ1n) is 5.22. The SMILES string of the molecule is CN1CCN(c2cc(Cl)c(Cl)cc2N)CC1=O. The van der Waals surface area contributed by atoms with E-state index in [1.807, 2.05) is 4.90 Å². The van der Waals surface area contributed by atoms with Gasteiger partial charge in [0.05, 0.1) is 28.0 Å². The predicted molar refractivity (Wildman–Crippen MR) is 70.7 cm³/mol. The predicted octanol–water partition coefficient (Wildman–Crippen LogP) is 1.85. The van der Waals surface area contributed by atoms with Crippen molar-refractivity contribution in [2.75, 3.05) is 37.3 Å². The lowest BCUT2D eigenvalue weighted by Crippen LogP contribution is -2.48. The molecule has 1 amide bonds. The molecule has 0 saturated carbocycles. The second-order valence-electron chi connectivity index (χ2n) is 4.06. The maximum atomic E-state index is 11.6. The van der Waals surface area contributed by atoms with Crippen molar-refractivity contribution in [3.8, 4) is 0 Å². The molecule has 0 radical (unpaired) electrons. The number of amides is 1. The van der Waals surface area contributed by atoms with E-state index in [0.29, 0.717) is 28.8 Å². The number of nitrogens with zero attached hydrogens (tertiary/aromatic N) is 2. The van der Waals surface area contributed by atoms with Gasteiger partial charge in [0.1, 0.15) is 0 Å². The largest absolute Gasteiger partial charge is 0.397 e. The van der Waals surface area contributed by atoms with Crippen LogP contribution in [-0.4, -0.2) is 37.5 Å². The number of hydrogen-bond donors (Lipinski definition) is 1. The van der Waals surface area contributed by atoms with Gasteiger partial charge in [-0.2, -0.15) is 0 Å². The summed E-state index contributed by atoms with van der Waals surface area (Å²) in [5.74, 6) is 0.0710. The lowest BCUT2D eigenvalue weighted by molar-refractivity contribution is -0.129. The monoisotopic (exact) mass is 273 g/mol. The zero-order valence-corrected chi connectivity index (χ0v) is 10.9. The Morgan fingerprint density at radius 1 is 1.24 bits per heavy atom. The number of carbonyl (C=O) groups excluding carboxylic acids is 1. The highest BCUT2D eigenvalue weighted by Crippen LogP contribution is 2.33. The average molecular weight is 274 g/mol. The molecule has 1 heterocycles. The summed E-state index contributed by atoms with van der Waals surface area (Å²) in [4.78, 5) is 15.2. The van der Waals surface area contributed by atoms with Gasteiger partial charge >= 0.3 is 0 Å². The molecule has 1 aliphatic heterocycles. The van der Waals surface area contributed by atoms with E-state index in [0.717, 1.165) is 12.2 Å². The molecule has 2 N–H and O–H groups in total. The van der Waals surface area contributed by atoms with Gasteiger partial charge in [0, 0.05) is 20.1 Å². The number of likely N-dealkylation sites (N-methyl/N-ethyl adjacent to an activating group) is 1. The Kier molecular flexibility index (Phi) is 3.35. The molecule has 1 fully saturated rings. The van der Waals surface area contributed by atoms with Crippen molar-refractivity contribution >= 4 is 40.5 Å². The van der Waals surface area contributed by atoms with E-state index in [-0.39, 0.29) is 5.91 Å². The molecule has 1 aliphatic rings. The van der Waals surface area contributed by atoms with Crippen molar-refractivity contribution in [1.82, 2.24) is 4.90 Å². The molecule has 17 heavy (non-hydrogen) atoms. The van der Waals surface area contributed by atoms with Crippen LogP contribution in [0, 0.1) is 0 Å². The molecule has 0 aliphatic carbocycles. The third kappa shape index (κ3) is 2.42. The van der Waals surface area contributed by atoms with E-state index < -0.39 is 0 Å². The molecule has 4 nitrogen and oxygen atoms in total. The number of benzene rings is 1. The summed E-state index contributed by atoms with van der Waals surface area (Å²) < 4.78 is 0. The molecule has 0 spiro atoms. The molecule has 2 rings (SSSR count). The second kappa shape index (κ2) is 4.63. The standard InChI is InChI=1S/C11H13Cl2N3O/c1-15-2-3-16(6-11(15)17)10-5-8(13)7(12)4-9(10)14/h4-5H,2-3,6,14H2,1H3. The lowest BCUT2D eigenvalue weighted by Gasteiger charge is -2.34. The molecule has 0 bridgehead atoms. The molecule has 0 atom stereocenters. The highest BCUT2D eigenvalue weighted by Gasteiger charge is 2.23. The molecule has 92 valence electrons. The number of piperazine rings is 1. The van der Waals surface area contributed by atoms with Crippen molar-refractivity contribution in [3.05, 3.63) is 22.2 Å². The van der Waals surface area contributed by atoms with Crippen molar-refractivity contribution in [2.24, 2.45) is 0 Å². The molecule has 0 unspecified atom stereocenters. The third-order valence-electron chi connectivity index (χ3n) is 2.87. The fourth-order valence-corrected chi connectivity index (χ4v) is 2.12. The van der Waals surface area contributed by atoms with Crippen LogP contribution in [0.2, 0.25) is 10.0 Å². The number of nitrogens with two attached hydrogens (primary N) is 1. The Bertz CT molecular complexity index is 464. The first-order valence-corrected chi connectivity index (χ1v) is 5.98. The van der Waals surface area contributed by atoms with E-state index in [1.54, 1.807) is 24.1 Å². The lowest BCUT2D eigenvalue weighted by atomic mass is 10.2. The molecule has 1 aromatic rings. The summed E-state index contributed by atoms with van der Waals surface area (Å²) >= 11 is 11.8. The van der Waals surface area contributed by atoms with E-state index in [9.17, 15) is 4.79 Å². The van der Waals surface area contributed by atoms with Gasteiger partial charge in [-0.05, 0) is 12.1 Å². The Morgan fingerprint density at radius 2 is 1.88 bits per heavy atom. The molecular formula is C11H13Cl2N3O. The zero-order chi connectivity index (χ0) is 12.6. The quantitative estimate of drug-likeness (QED) is 0.795. The van der Waals surface area contributed by atoms with Crippen molar-refractivity contribution < 1.29 is 4.79 Å². The van der Waals surface area contributed by atoms with Gasteiger partial charge in [-0.15, -0.1) is 0 Å². The molecule has 1 saturated heterocycles. The van der Waals surface area contributed by atoms with Gasteiger partial charge in [-0.3, -0.25) is 4.79 Å². The molecule has 0 aromatic heterocycles. The van der Waals surface area contributed by atoms with Gasteiger partial charge in [-0.1, -0.05) is 23.2 Å². The second-order valence-corrected chi connectivity index (χ2v) is 4.88. The van der Waals surface area contributed by atoms with Crippen molar-refractivity contribution in [2.45, 2.75) is 0 Å². The van der Waals surface area contributed by atoms with E-state index in [2.05, 4.69) is 0 Å². The van der Waals surface area contributed by atoms with Crippen LogP contribution in [0.5, 0.6) is 0 Å². The van der Waals surface area contributed by atoms with Gasteiger partial charge in [-0.25, -0.2) is 0 Å². The summed E-state index contributed by atoms with van der Waals surface area (Å²) in [5, 5.41) is 0.871. The number of nitrogen functional groups attached to an aromatic ring is 1. The summed E-state index contributed by atoms with van der Waals surface area (Å²) in [5.41, 5.74) is 7.19. The van der Waals surface area contributed by atoms with E-state index in [4.69, 9.17) is 28.9 Å². The Morgan fingerprint density at radius 3 is 2.53 bits per heavy atom. The van der Waals surface area contributed by atoms with Gasteiger partial charge in [0.25, 0.3) is 0 Å². The normalized spacial score (nSPS) is 16.5. The third-order valence-corrected chi connectivity index (χ3v) is 3.59. The molecule has 6 heteroatoms. The Labute approximate surface area is 110 Å². The van der Waals surface area contributed by atoms with Crippen LogP contribution in [0.1, 0.15) is 0 Å².